The van der Waals surface area contributed by atoms with E-state index in [1.165, 1.54) is 4.90 Å². The molecule has 1 N–H and O–H groups in total. The number of rotatable bonds is 6. The van der Waals surface area contributed by atoms with Crippen molar-refractivity contribution in [3.05, 3.63) is 60.2 Å². The summed E-state index contributed by atoms with van der Waals surface area (Å²) < 4.78 is 0. The fraction of sp³-hybridized carbons (Fsp3) is 0.318. The molecule has 0 unspecified atom stereocenters. The van der Waals surface area contributed by atoms with Crippen molar-refractivity contribution < 1.29 is 19.5 Å². The van der Waals surface area contributed by atoms with Crippen LogP contribution in [0.25, 0.3) is 11.1 Å². The molecule has 0 bridgehead atoms. The first-order chi connectivity index (χ1) is 13.0. The summed E-state index contributed by atoms with van der Waals surface area (Å²) in [7, 11) is 0. The van der Waals surface area contributed by atoms with Gasteiger partial charge in [-0.1, -0.05) is 61.5 Å². The monoisotopic (exact) mass is 365 g/mol. The molecule has 2 aromatic carbocycles. The number of hydrogen-bond donors (Lipinski definition) is 1. The number of carbonyl (C=O) groups excluding carboxylic acids is 2. The Kier molecular flexibility index (Phi) is 5.69. The molecule has 5 heteroatoms. The van der Waals surface area contributed by atoms with E-state index < -0.39 is 11.9 Å². The molecule has 0 radical (unpaired) electrons. The fourth-order valence-corrected chi connectivity index (χ4v) is 3.60. The van der Waals surface area contributed by atoms with E-state index in [1.54, 1.807) is 0 Å². The first kappa shape index (κ1) is 18.8. The predicted molar refractivity (Wildman–Crippen MR) is 102 cm³/mol. The van der Waals surface area contributed by atoms with Gasteiger partial charge in [0.25, 0.3) is 0 Å². The average molecular weight is 365 g/mol. The normalized spacial score (nSPS) is 19.3. The van der Waals surface area contributed by atoms with Crippen molar-refractivity contribution in [3.63, 3.8) is 0 Å². The van der Waals surface area contributed by atoms with Crippen LogP contribution in [0.15, 0.2) is 54.6 Å². The number of benzene rings is 2. The van der Waals surface area contributed by atoms with E-state index in [1.807, 2.05) is 49.4 Å². The van der Waals surface area contributed by atoms with Gasteiger partial charge in [-0.3, -0.25) is 19.3 Å². The van der Waals surface area contributed by atoms with Crippen LogP contribution in [0.4, 0.5) is 0 Å². The number of carboxylic acids is 1. The highest BCUT2D eigenvalue weighted by Crippen LogP contribution is 2.29. The molecule has 0 aromatic heterocycles. The zero-order valence-corrected chi connectivity index (χ0v) is 15.3. The zero-order valence-electron chi connectivity index (χ0n) is 15.3. The number of amides is 2. The smallest absolute Gasteiger partial charge is 0.303 e. The van der Waals surface area contributed by atoms with Crippen molar-refractivity contribution in [2.45, 2.75) is 38.6 Å². The van der Waals surface area contributed by atoms with E-state index in [0.29, 0.717) is 12.8 Å². The third kappa shape index (κ3) is 4.42. The third-order valence-electron chi connectivity index (χ3n) is 5.00. The van der Waals surface area contributed by atoms with Crippen LogP contribution < -0.4 is 0 Å². The second-order valence-electron chi connectivity index (χ2n) is 7.05. The van der Waals surface area contributed by atoms with Crippen molar-refractivity contribution in [2.24, 2.45) is 5.92 Å². The molecule has 0 spiro atoms. The van der Waals surface area contributed by atoms with Crippen LogP contribution in [0.1, 0.15) is 31.7 Å². The molecule has 1 aliphatic heterocycles. The maximum atomic E-state index is 12.4. The quantitative estimate of drug-likeness (QED) is 0.850. The van der Waals surface area contributed by atoms with Crippen LogP contribution in [0.2, 0.25) is 0 Å². The molecule has 3 rings (SSSR count). The van der Waals surface area contributed by atoms with Crippen molar-refractivity contribution in [1.29, 1.82) is 0 Å². The number of carboxylic acid groups (broad SMARTS) is 1. The second kappa shape index (κ2) is 8.16. The fourth-order valence-electron chi connectivity index (χ4n) is 3.60. The van der Waals surface area contributed by atoms with Gasteiger partial charge >= 0.3 is 5.97 Å². The number of nitrogens with zero attached hydrogens (tertiary/aromatic N) is 1. The highest BCUT2D eigenvalue weighted by Gasteiger charge is 2.40. The molecule has 27 heavy (non-hydrogen) atoms. The Bertz CT molecular complexity index is 829. The molecule has 1 aliphatic rings. The Labute approximate surface area is 158 Å². The van der Waals surface area contributed by atoms with Gasteiger partial charge < -0.3 is 5.11 Å². The lowest BCUT2D eigenvalue weighted by atomic mass is 9.98. The minimum absolute atomic E-state index is 0.142. The first-order valence-corrected chi connectivity index (χ1v) is 9.17. The van der Waals surface area contributed by atoms with Gasteiger partial charge in [-0.25, -0.2) is 0 Å². The minimum atomic E-state index is -1.03. The topological polar surface area (TPSA) is 74.7 Å². The van der Waals surface area contributed by atoms with Crippen LogP contribution in [-0.4, -0.2) is 33.8 Å². The van der Waals surface area contributed by atoms with Crippen molar-refractivity contribution >= 4 is 17.8 Å². The van der Waals surface area contributed by atoms with Gasteiger partial charge in [0.2, 0.25) is 11.8 Å². The van der Waals surface area contributed by atoms with Crippen molar-refractivity contribution in [3.8, 4) is 11.1 Å². The van der Waals surface area contributed by atoms with Gasteiger partial charge in [-0.15, -0.1) is 0 Å². The average Bonchev–Trinajstić information content (AvgIpc) is 2.94. The Morgan fingerprint density at radius 1 is 1.00 bits per heavy atom. The Morgan fingerprint density at radius 3 is 2.26 bits per heavy atom. The van der Waals surface area contributed by atoms with E-state index in [9.17, 15) is 14.4 Å². The number of carbonyl (C=O) groups is 3. The van der Waals surface area contributed by atoms with E-state index in [-0.39, 0.29) is 30.7 Å². The van der Waals surface area contributed by atoms with Crippen LogP contribution in [0.5, 0.6) is 0 Å². The Morgan fingerprint density at radius 2 is 1.63 bits per heavy atom. The second-order valence-corrected chi connectivity index (χ2v) is 7.05. The lowest BCUT2D eigenvalue weighted by Gasteiger charge is -2.23. The SMILES string of the molecule is C[C@@H]1C[C@@H](Cc2ccc(-c3ccccc3)cc2)N(C(=O)CCC(=O)O)C1=O. The molecule has 2 atom stereocenters. The highest BCUT2D eigenvalue weighted by atomic mass is 16.4. The molecule has 140 valence electrons. The molecular weight excluding hydrogens is 342 g/mol. The molecule has 1 heterocycles. The molecule has 2 amide bonds. The predicted octanol–water partition coefficient (Wildman–Crippen LogP) is 3.52. The summed E-state index contributed by atoms with van der Waals surface area (Å²) in [6, 6.07) is 18.0. The number of aliphatic carboxylic acids is 1. The summed E-state index contributed by atoms with van der Waals surface area (Å²) in [5.74, 6) is -1.84. The van der Waals surface area contributed by atoms with Gasteiger partial charge in [-0.05, 0) is 29.5 Å². The van der Waals surface area contributed by atoms with E-state index >= 15 is 0 Å². The molecule has 0 aliphatic carbocycles. The summed E-state index contributed by atoms with van der Waals surface area (Å²) in [5.41, 5.74) is 3.31. The van der Waals surface area contributed by atoms with E-state index in [2.05, 4.69) is 12.1 Å². The summed E-state index contributed by atoms with van der Waals surface area (Å²) >= 11 is 0. The lowest BCUT2D eigenvalue weighted by Crippen LogP contribution is -2.40. The Balaban J connectivity index is 1.72. The third-order valence-corrected chi connectivity index (χ3v) is 5.00. The largest absolute Gasteiger partial charge is 0.481 e. The lowest BCUT2D eigenvalue weighted by molar-refractivity contribution is -0.147. The number of likely N-dealkylation sites (tertiary alicyclic amines) is 1. The maximum Gasteiger partial charge on any atom is 0.303 e. The van der Waals surface area contributed by atoms with Crippen LogP contribution >= 0.6 is 0 Å². The molecule has 1 fully saturated rings. The van der Waals surface area contributed by atoms with Crippen molar-refractivity contribution in [1.82, 2.24) is 4.90 Å². The van der Waals surface area contributed by atoms with Crippen LogP contribution in [0.3, 0.4) is 0 Å². The molecule has 5 nitrogen and oxygen atoms in total. The molecular formula is C22H23NO4. The minimum Gasteiger partial charge on any atom is -0.481 e. The summed E-state index contributed by atoms with van der Waals surface area (Å²) in [4.78, 5) is 36.8. The van der Waals surface area contributed by atoms with E-state index in [0.717, 1.165) is 16.7 Å². The van der Waals surface area contributed by atoms with Crippen molar-refractivity contribution in [2.75, 3.05) is 0 Å². The van der Waals surface area contributed by atoms with Crippen LogP contribution in [-0.2, 0) is 20.8 Å². The van der Waals surface area contributed by atoms with Crippen LogP contribution in [0, 0.1) is 5.92 Å². The summed E-state index contributed by atoms with van der Waals surface area (Å²) in [6.45, 7) is 1.82. The van der Waals surface area contributed by atoms with Gasteiger partial charge in [0, 0.05) is 18.4 Å². The van der Waals surface area contributed by atoms with Gasteiger partial charge in [0.15, 0.2) is 0 Å². The molecule has 2 aromatic rings. The van der Waals surface area contributed by atoms with E-state index in [4.69, 9.17) is 5.11 Å². The number of hydrogen-bond acceptors (Lipinski definition) is 3. The molecule has 1 saturated heterocycles. The van der Waals surface area contributed by atoms with Gasteiger partial charge in [0.05, 0.1) is 6.42 Å². The zero-order chi connectivity index (χ0) is 19.4. The highest BCUT2D eigenvalue weighted by molar-refractivity contribution is 5.99. The summed E-state index contributed by atoms with van der Waals surface area (Å²) in [5, 5.41) is 8.79. The van der Waals surface area contributed by atoms with Gasteiger partial charge in [0.1, 0.15) is 0 Å². The standard InChI is InChI=1S/C22H23NO4/c1-15-13-19(23(22(15)27)20(24)11-12-21(25)26)14-16-7-9-18(10-8-16)17-5-3-2-4-6-17/h2-10,15,19H,11-14H2,1H3,(H,25,26)/t15-,19+/m1/s1. The van der Waals surface area contributed by atoms with Gasteiger partial charge in [-0.2, -0.15) is 0 Å². The molecule has 0 saturated carbocycles. The number of imide groups is 1. The first-order valence-electron chi connectivity index (χ1n) is 9.17. The summed E-state index contributed by atoms with van der Waals surface area (Å²) in [6.07, 6.45) is 0.800. The maximum absolute atomic E-state index is 12.4. The Hall–Kier alpha value is -2.95.